The van der Waals surface area contributed by atoms with E-state index in [1.165, 1.54) is 5.56 Å². The predicted octanol–water partition coefficient (Wildman–Crippen LogP) is 3.49. The normalized spacial score (nSPS) is 12.4. The van der Waals surface area contributed by atoms with E-state index in [2.05, 4.69) is 28.1 Å². The van der Waals surface area contributed by atoms with E-state index in [1.54, 1.807) is 6.92 Å². The minimum absolute atomic E-state index is 0.236. The molecule has 3 heteroatoms. The van der Waals surface area contributed by atoms with Crippen LogP contribution < -0.4 is 0 Å². The molecule has 0 heterocycles. The number of hydrogen-bond donors (Lipinski definition) is 1. The summed E-state index contributed by atoms with van der Waals surface area (Å²) in [6.07, 6.45) is 2.62. The van der Waals surface area contributed by atoms with Crippen LogP contribution in [0.15, 0.2) is 28.7 Å². The van der Waals surface area contributed by atoms with Crippen molar-refractivity contribution in [2.75, 3.05) is 0 Å². The lowest BCUT2D eigenvalue weighted by molar-refractivity contribution is -0.141. The van der Waals surface area contributed by atoms with Crippen LogP contribution in [-0.2, 0) is 11.2 Å². The van der Waals surface area contributed by atoms with E-state index in [0.29, 0.717) is 0 Å². The summed E-state index contributed by atoms with van der Waals surface area (Å²) in [5.74, 6) is -0.939. The molecule has 0 fully saturated rings. The molecule has 1 rings (SSSR count). The number of rotatable bonds is 5. The van der Waals surface area contributed by atoms with Gasteiger partial charge in [0.2, 0.25) is 0 Å². The third-order valence-electron chi connectivity index (χ3n) is 2.44. The van der Waals surface area contributed by atoms with E-state index in [-0.39, 0.29) is 5.92 Å². The van der Waals surface area contributed by atoms with Crippen LogP contribution in [0.1, 0.15) is 25.3 Å². The van der Waals surface area contributed by atoms with Gasteiger partial charge in [0.1, 0.15) is 0 Å². The number of carboxylic acid groups (broad SMARTS) is 1. The highest BCUT2D eigenvalue weighted by Crippen LogP contribution is 2.14. The molecule has 15 heavy (non-hydrogen) atoms. The summed E-state index contributed by atoms with van der Waals surface area (Å²) in [5.41, 5.74) is 1.26. The van der Waals surface area contributed by atoms with Gasteiger partial charge < -0.3 is 5.11 Å². The molecule has 0 aromatic heterocycles. The topological polar surface area (TPSA) is 37.3 Å². The van der Waals surface area contributed by atoms with Crippen LogP contribution in [0.5, 0.6) is 0 Å². The molecule has 0 saturated heterocycles. The molecule has 0 aliphatic heterocycles. The van der Waals surface area contributed by atoms with Gasteiger partial charge in [0.05, 0.1) is 5.92 Å². The van der Waals surface area contributed by atoms with Crippen molar-refractivity contribution in [1.29, 1.82) is 0 Å². The maximum Gasteiger partial charge on any atom is 0.306 e. The van der Waals surface area contributed by atoms with Crippen molar-refractivity contribution in [3.05, 3.63) is 34.3 Å². The van der Waals surface area contributed by atoms with Gasteiger partial charge in [0.25, 0.3) is 0 Å². The fourth-order valence-electron chi connectivity index (χ4n) is 1.39. The number of benzene rings is 1. The smallest absolute Gasteiger partial charge is 0.306 e. The Bertz CT molecular complexity index is 319. The molecule has 1 atom stereocenters. The molecule has 0 saturated carbocycles. The average molecular weight is 271 g/mol. The molecule has 0 aliphatic rings. The van der Waals surface area contributed by atoms with Crippen molar-refractivity contribution in [3.8, 4) is 0 Å². The van der Waals surface area contributed by atoms with E-state index < -0.39 is 5.97 Å². The summed E-state index contributed by atoms with van der Waals surface area (Å²) in [6.45, 7) is 1.75. The number of aryl methyl sites for hydroxylation is 1. The minimum atomic E-state index is -0.703. The van der Waals surface area contributed by atoms with Crippen LogP contribution in [0.2, 0.25) is 0 Å². The monoisotopic (exact) mass is 270 g/mol. The molecule has 1 N–H and O–H groups in total. The lowest BCUT2D eigenvalue weighted by Crippen LogP contribution is -2.09. The Morgan fingerprint density at radius 2 is 2.00 bits per heavy atom. The summed E-state index contributed by atoms with van der Waals surface area (Å²) in [4.78, 5) is 10.6. The van der Waals surface area contributed by atoms with Gasteiger partial charge in [-0.05, 0) is 37.0 Å². The van der Waals surface area contributed by atoms with Crippen molar-refractivity contribution < 1.29 is 9.90 Å². The highest BCUT2D eigenvalue weighted by molar-refractivity contribution is 9.10. The second-order valence-corrected chi connectivity index (χ2v) is 4.67. The zero-order chi connectivity index (χ0) is 11.3. The lowest BCUT2D eigenvalue weighted by atomic mass is 10.0. The van der Waals surface area contributed by atoms with Crippen LogP contribution in [0.3, 0.4) is 0 Å². The first-order chi connectivity index (χ1) is 7.09. The molecule has 2 nitrogen and oxygen atoms in total. The van der Waals surface area contributed by atoms with Crippen molar-refractivity contribution in [3.63, 3.8) is 0 Å². The zero-order valence-corrected chi connectivity index (χ0v) is 10.3. The number of hydrogen-bond acceptors (Lipinski definition) is 1. The number of aliphatic carboxylic acids is 1. The average Bonchev–Trinajstić information content (AvgIpc) is 2.20. The van der Waals surface area contributed by atoms with E-state index in [0.717, 1.165) is 23.7 Å². The van der Waals surface area contributed by atoms with Gasteiger partial charge in [-0.25, -0.2) is 0 Å². The van der Waals surface area contributed by atoms with Crippen molar-refractivity contribution in [2.24, 2.45) is 5.92 Å². The first-order valence-corrected chi connectivity index (χ1v) is 5.86. The predicted molar refractivity (Wildman–Crippen MR) is 63.9 cm³/mol. The van der Waals surface area contributed by atoms with Crippen molar-refractivity contribution in [1.82, 2.24) is 0 Å². The summed E-state index contributed by atoms with van der Waals surface area (Å²) in [6, 6.07) is 8.15. The Morgan fingerprint density at radius 1 is 1.40 bits per heavy atom. The van der Waals surface area contributed by atoms with E-state index in [9.17, 15) is 4.79 Å². The van der Waals surface area contributed by atoms with Gasteiger partial charge in [-0.3, -0.25) is 4.79 Å². The maximum atomic E-state index is 10.6. The van der Waals surface area contributed by atoms with Crippen LogP contribution in [0, 0.1) is 5.92 Å². The molecule has 1 aromatic rings. The maximum absolute atomic E-state index is 10.6. The first-order valence-electron chi connectivity index (χ1n) is 5.07. The Hall–Kier alpha value is -0.830. The summed E-state index contributed by atoms with van der Waals surface area (Å²) in [5, 5.41) is 8.71. The molecule has 0 amide bonds. The second-order valence-electron chi connectivity index (χ2n) is 3.76. The Balaban J connectivity index is 2.32. The highest BCUT2D eigenvalue weighted by Gasteiger charge is 2.09. The van der Waals surface area contributed by atoms with Gasteiger partial charge in [-0.15, -0.1) is 0 Å². The lowest BCUT2D eigenvalue weighted by Gasteiger charge is -2.05. The van der Waals surface area contributed by atoms with Crippen LogP contribution in [0.4, 0.5) is 0 Å². The van der Waals surface area contributed by atoms with Gasteiger partial charge in [0, 0.05) is 4.47 Å². The number of carboxylic acids is 1. The zero-order valence-electron chi connectivity index (χ0n) is 8.74. The molecular weight excluding hydrogens is 256 g/mol. The largest absolute Gasteiger partial charge is 0.481 e. The van der Waals surface area contributed by atoms with Crippen LogP contribution in [-0.4, -0.2) is 11.1 Å². The number of halogens is 1. The van der Waals surface area contributed by atoms with Gasteiger partial charge in [-0.1, -0.05) is 35.0 Å². The molecule has 1 unspecified atom stereocenters. The van der Waals surface area contributed by atoms with Crippen LogP contribution >= 0.6 is 15.9 Å². The third kappa shape index (κ3) is 4.47. The van der Waals surface area contributed by atoms with Gasteiger partial charge in [-0.2, -0.15) is 0 Å². The minimum Gasteiger partial charge on any atom is -0.481 e. The standard InChI is InChI=1S/C12H15BrO2/c1-9(12(14)15)3-2-4-10-5-7-11(13)8-6-10/h5-9H,2-4H2,1H3,(H,14,15). The van der Waals surface area contributed by atoms with E-state index >= 15 is 0 Å². The molecule has 0 aliphatic carbocycles. The molecular formula is C12H15BrO2. The molecule has 0 bridgehead atoms. The summed E-state index contributed by atoms with van der Waals surface area (Å²) < 4.78 is 1.07. The Labute approximate surface area is 98.4 Å². The van der Waals surface area contributed by atoms with Crippen molar-refractivity contribution >= 4 is 21.9 Å². The molecule has 0 spiro atoms. The molecule has 1 aromatic carbocycles. The van der Waals surface area contributed by atoms with Gasteiger partial charge >= 0.3 is 5.97 Å². The third-order valence-corrected chi connectivity index (χ3v) is 2.97. The molecule has 0 radical (unpaired) electrons. The van der Waals surface area contributed by atoms with E-state index in [1.807, 2.05) is 12.1 Å². The fourth-order valence-corrected chi connectivity index (χ4v) is 1.65. The first kappa shape index (κ1) is 12.2. The SMILES string of the molecule is CC(CCCc1ccc(Br)cc1)C(=O)O. The van der Waals surface area contributed by atoms with E-state index in [4.69, 9.17) is 5.11 Å². The highest BCUT2D eigenvalue weighted by atomic mass is 79.9. The molecule has 82 valence electrons. The number of carbonyl (C=O) groups is 1. The summed E-state index contributed by atoms with van der Waals surface area (Å²) >= 11 is 3.38. The van der Waals surface area contributed by atoms with Crippen molar-refractivity contribution in [2.45, 2.75) is 26.2 Å². The quantitative estimate of drug-likeness (QED) is 0.890. The Kier molecular flexibility index (Phi) is 4.82. The van der Waals surface area contributed by atoms with Gasteiger partial charge in [0.15, 0.2) is 0 Å². The van der Waals surface area contributed by atoms with Crippen LogP contribution in [0.25, 0.3) is 0 Å². The second kappa shape index (κ2) is 5.91. The Morgan fingerprint density at radius 3 is 2.53 bits per heavy atom. The fraction of sp³-hybridized carbons (Fsp3) is 0.417. The summed E-state index contributed by atoms with van der Waals surface area (Å²) in [7, 11) is 0.